The minimum absolute atomic E-state index is 0.0118. The largest absolute Gasteiger partial charge is 0.472 e. The van der Waals surface area contributed by atoms with E-state index in [0.717, 1.165) is 28.1 Å². The summed E-state index contributed by atoms with van der Waals surface area (Å²) in [5.41, 5.74) is 3.96. The van der Waals surface area contributed by atoms with Crippen LogP contribution in [0.3, 0.4) is 0 Å². The summed E-state index contributed by atoms with van der Waals surface area (Å²) in [7, 11) is -10.1. The molecule has 7 heterocycles. The topological polar surface area (TPSA) is 324 Å². The predicted octanol–water partition coefficient (Wildman–Crippen LogP) is -2.63. The fraction of sp³-hybridized carbons (Fsp3) is 0.500. The van der Waals surface area contributed by atoms with Gasteiger partial charge in [0.25, 0.3) is 11.1 Å². The third-order valence-corrected chi connectivity index (χ3v) is 9.27. The number of nitrogens with zero attached hydrogens (tertiary/aromatic N) is 6. The van der Waals surface area contributed by atoms with Crippen molar-refractivity contribution in [2.75, 3.05) is 18.9 Å². The highest BCUT2D eigenvalue weighted by atomic mass is 31.2. The van der Waals surface area contributed by atoms with Crippen LogP contribution in [0.25, 0.3) is 22.3 Å². The summed E-state index contributed by atoms with van der Waals surface area (Å²) in [4.78, 5) is 65.9. The maximum absolute atomic E-state index is 13.1. The van der Waals surface area contributed by atoms with Crippen LogP contribution < -0.4 is 16.9 Å². The number of H-pyrrole nitrogens is 2. The Balaban J connectivity index is 1.17. The van der Waals surface area contributed by atoms with Crippen LogP contribution in [0.5, 0.6) is 0 Å². The second kappa shape index (κ2) is 10.8. The summed E-state index contributed by atoms with van der Waals surface area (Å²) in [5.74, 6) is -0.275. The molecule has 45 heavy (non-hydrogen) atoms. The number of hydrogen-bond acceptors (Lipinski definition) is 17. The lowest BCUT2D eigenvalue weighted by Crippen LogP contribution is -2.39. The van der Waals surface area contributed by atoms with E-state index in [2.05, 4.69) is 29.9 Å². The van der Waals surface area contributed by atoms with Gasteiger partial charge in [0.2, 0.25) is 5.95 Å². The van der Waals surface area contributed by atoms with E-state index < -0.39 is 89.1 Å². The van der Waals surface area contributed by atoms with Crippen molar-refractivity contribution in [3.63, 3.8) is 0 Å². The standard InChI is InChI=1S/C20H23N9O14P2/c21-20-26-15-9(17(33)27-20)25-5-29(15)19-11(31)13-7(41-19)2-39-44(34,35)42-12-6(1-38-45(36,37)43-13)40-18(10(12)30)28-4-24-8-14(28)22-3-23-16(8)32/h3-7,10-13,18-19,30-31H,1-2H2,(H,34,35)(H,36,37)(H,22,23,32)(H3,21,26,27,33)/t6-,7-,10?,11?,12+,13+,18-,19-/m1/s1. The van der Waals surface area contributed by atoms with Gasteiger partial charge in [-0.3, -0.25) is 41.8 Å². The van der Waals surface area contributed by atoms with E-state index in [-0.39, 0.29) is 28.3 Å². The summed E-state index contributed by atoms with van der Waals surface area (Å²) in [6, 6.07) is 0. The van der Waals surface area contributed by atoms with Gasteiger partial charge in [0.1, 0.15) is 36.6 Å². The molecule has 242 valence electrons. The van der Waals surface area contributed by atoms with Crippen molar-refractivity contribution in [1.29, 1.82) is 0 Å². The molecule has 0 bridgehead atoms. The minimum Gasteiger partial charge on any atom is -0.386 e. The molecule has 0 amide bonds. The zero-order chi connectivity index (χ0) is 31.8. The molecule has 0 aliphatic carbocycles. The molecule has 4 aromatic heterocycles. The summed E-state index contributed by atoms with van der Waals surface area (Å²) in [5, 5.41) is 22.2. The Hall–Kier alpha value is -3.44. The number of phosphoric acid groups is 2. The van der Waals surface area contributed by atoms with Gasteiger partial charge in [0.15, 0.2) is 34.8 Å². The first-order valence-corrected chi connectivity index (χ1v) is 15.9. The van der Waals surface area contributed by atoms with Crippen molar-refractivity contribution >= 4 is 43.9 Å². The van der Waals surface area contributed by atoms with Crippen LogP contribution in [0.2, 0.25) is 0 Å². The first kappa shape index (κ1) is 30.2. The van der Waals surface area contributed by atoms with Crippen molar-refractivity contribution < 1.29 is 56.7 Å². The van der Waals surface area contributed by atoms with Crippen molar-refractivity contribution in [3.8, 4) is 0 Å². The molecule has 0 aromatic carbocycles. The smallest absolute Gasteiger partial charge is 0.386 e. The maximum Gasteiger partial charge on any atom is 0.472 e. The molecular formula is C20H23N9O14P2. The molecule has 3 fully saturated rings. The Morgan fingerprint density at radius 1 is 0.822 bits per heavy atom. The van der Waals surface area contributed by atoms with Crippen LogP contribution in [-0.4, -0.2) is 109 Å². The number of anilines is 1. The van der Waals surface area contributed by atoms with Crippen molar-refractivity contribution in [2.24, 2.45) is 0 Å². The lowest BCUT2D eigenvalue weighted by molar-refractivity contribution is -0.0664. The maximum atomic E-state index is 13.1. The van der Waals surface area contributed by atoms with Crippen LogP contribution in [0, 0.1) is 0 Å². The monoisotopic (exact) mass is 675 g/mol. The molecule has 10 atom stereocenters. The SMILES string of the molecule is Nc1nc2c(ncn2[C@@H]2O[C@@H]3COP(=O)(O)O[C@@H]4C(O)[C@H](n5cnc6c(=O)[nH]cnc65)O[C@@H]4COP(=O)(O)O[C@@H]3C2O)c(=O)[nH]1. The number of rotatable bonds is 2. The van der Waals surface area contributed by atoms with Gasteiger partial charge in [-0.2, -0.15) is 4.98 Å². The summed E-state index contributed by atoms with van der Waals surface area (Å²) >= 11 is 0. The molecule has 3 aliphatic rings. The molecule has 7 rings (SSSR count). The Kier molecular flexibility index (Phi) is 7.27. The number of ether oxygens (including phenoxy) is 2. The van der Waals surface area contributed by atoms with Crippen LogP contribution in [0.4, 0.5) is 5.95 Å². The van der Waals surface area contributed by atoms with Gasteiger partial charge < -0.3 is 40.2 Å². The number of hydrogen-bond donors (Lipinski definition) is 7. The minimum atomic E-state index is -5.08. The highest BCUT2D eigenvalue weighted by Gasteiger charge is 2.54. The normalized spacial score (nSPS) is 37.7. The third-order valence-electron chi connectivity index (χ3n) is 7.30. The zero-order valence-electron chi connectivity index (χ0n) is 22.3. The number of aliphatic hydroxyl groups is 2. The number of nitrogen functional groups attached to an aromatic ring is 1. The molecule has 4 aromatic rings. The number of phosphoric ester groups is 2. The molecule has 4 unspecified atom stereocenters. The van der Waals surface area contributed by atoms with Crippen LogP contribution in [-0.2, 0) is 36.7 Å². The third kappa shape index (κ3) is 5.31. The van der Waals surface area contributed by atoms with Gasteiger partial charge in [-0.25, -0.2) is 24.1 Å². The highest BCUT2D eigenvalue weighted by molar-refractivity contribution is 7.47. The number of aromatic amines is 2. The van der Waals surface area contributed by atoms with Gasteiger partial charge >= 0.3 is 15.6 Å². The van der Waals surface area contributed by atoms with E-state index in [9.17, 15) is 38.7 Å². The molecule has 25 heteroatoms. The zero-order valence-corrected chi connectivity index (χ0v) is 24.1. The van der Waals surface area contributed by atoms with Crippen LogP contribution >= 0.6 is 15.6 Å². The molecule has 3 aliphatic heterocycles. The van der Waals surface area contributed by atoms with Crippen LogP contribution in [0.1, 0.15) is 12.5 Å². The fourth-order valence-electron chi connectivity index (χ4n) is 5.31. The van der Waals surface area contributed by atoms with E-state index >= 15 is 0 Å². The van der Waals surface area contributed by atoms with Crippen LogP contribution in [0.15, 0.2) is 28.6 Å². The quantitative estimate of drug-likeness (QED) is 0.107. The number of imidazole rings is 2. The van der Waals surface area contributed by atoms with E-state index in [4.69, 9.17) is 33.3 Å². The van der Waals surface area contributed by atoms with Crippen molar-refractivity contribution in [1.82, 2.24) is 39.0 Å². The van der Waals surface area contributed by atoms with E-state index in [1.807, 2.05) is 0 Å². The van der Waals surface area contributed by atoms with E-state index in [1.54, 1.807) is 0 Å². The van der Waals surface area contributed by atoms with Gasteiger partial charge in [-0.1, -0.05) is 0 Å². The lowest BCUT2D eigenvalue weighted by atomic mass is 10.1. The van der Waals surface area contributed by atoms with Crippen molar-refractivity contribution in [3.05, 3.63) is 39.7 Å². The van der Waals surface area contributed by atoms with E-state index in [0.29, 0.717) is 0 Å². The predicted molar refractivity (Wildman–Crippen MR) is 142 cm³/mol. The average molecular weight is 675 g/mol. The Morgan fingerprint density at radius 2 is 1.33 bits per heavy atom. The molecule has 0 spiro atoms. The Bertz CT molecular complexity index is 2000. The number of aromatic nitrogens is 8. The Labute approximate surface area is 247 Å². The second-order valence-corrected chi connectivity index (χ2v) is 12.9. The second-order valence-electron chi connectivity index (χ2n) is 10.1. The first-order valence-electron chi connectivity index (χ1n) is 12.9. The molecule has 23 nitrogen and oxygen atoms in total. The van der Waals surface area contributed by atoms with E-state index in [1.165, 1.54) is 0 Å². The number of nitrogens with one attached hydrogen (secondary N) is 2. The van der Waals surface area contributed by atoms with Crippen molar-refractivity contribution in [2.45, 2.75) is 49.1 Å². The molecular weight excluding hydrogens is 652 g/mol. The average Bonchev–Trinajstić information content (AvgIpc) is 3.72. The summed E-state index contributed by atoms with van der Waals surface area (Å²) in [6.07, 6.45) is -9.53. The molecule has 0 radical (unpaired) electrons. The summed E-state index contributed by atoms with van der Waals surface area (Å²) in [6.45, 7) is -1.70. The number of nitrogens with two attached hydrogens (primary N) is 1. The first-order chi connectivity index (χ1) is 21.3. The number of aliphatic hydroxyl groups excluding tert-OH is 2. The van der Waals surface area contributed by atoms with Gasteiger partial charge in [-0.15, -0.1) is 0 Å². The highest BCUT2D eigenvalue weighted by Crippen LogP contribution is 2.53. The van der Waals surface area contributed by atoms with Gasteiger partial charge in [0, 0.05) is 0 Å². The van der Waals surface area contributed by atoms with Gasteiger partial charge in [0.05, 0.1) is 32.2 Å². The number of fused-ring (bicyclic) bond motifs is 4. The van der Waals surface area contributed by atoms with Gasteiger partial charge in [-0.05, 0) is 0 Å². The molecule has 3 saturated heterocycles. The molecule has 8 N–H and O–H groups in total. The Morgan fingerprint density at radius 3 is 1.89 bits per heavy atom. The lowest BCUT2D eigenvalue weighted by Gasteiger charge is -2.27. The summed E-state index contributed by atoms with van der Waals surface area (Å²) < 4.78 is 60.6. The fourth-order valence-corrected chi connectivity index (χ4v) is 7.24. The molecule has 0 saturated carbocycles.